The minimum atomic E-state index is -4.42. The number of nitrogens with one attached hydrogen (secondary N) is 1. The summed E-state index contributed by atoms with van der Waals surface area (Å²) in [6.45, 7) is -0.0806. The molecule has 1 amide bonds. The molecule has 3 rings (SSSR count). The van der Waals surface area contributed by atoms with E-state index in [2.05, 4.69) is 5.32 Å². The summed E-state index contributed by atoms with van der Waals surface area (Å²) in [4.78, 5) is 12.1. The van der Waals surface area contributed by atoms with Crippen molar-refractivity contribution in [2.45, 2.75) is 31.7 Å². The van der Waals surface area contributed by atoms with Crippen molar-refractivity contribution in [3.8, 4) is 17.6 Å². The van der Waals surface area contributed by atoms with Gasteiger partial charge in [0.2, 0.25) is 0 Å². The molecule has 8 heteroatoms. The Bertz CT molecular complexity index is 1010. The Balaban J connectivity index is 1.73. The van der Waals surface area contributed by atoms with Gasteiger partial charge >= 0.3 is 6.18 Å². The lowest BCUT2D eigenvalue weighted by atomic mass is 10.1. The molecule has 0 heterocycles. The largest absolute Gasteiger partial charge is 0.493 e. The van der Waals surface area contributed by atoms with Crippen LogP contribution < -0.4 is 14.8 Å². The first kappa shape index (κ1) is 21.2. The first-order valence-electron chi connectivity index (χ1n) is 9.20. The van der Waals surface area contributed by atoms with Crippen LogP contribution in [0.1, 0.15) is 29.5 Å². The second kappa shape index (κ2) is 8.91. The smallest absolute Gasteiger partial charge is 0.416 e. The summed E-state index contributed by atoms with van der Waals surface area (Å²) in [6.07, 6.45) is -1.16. The summed E-state index contributed by atoms with van der Waals surface area (Å²) in [7, 11) is 1.42. The van der Waals surface area contributed by atoms with Gasteiger partial charge in [-0.15, -0.1) is 0 Å². The molecule has 2 aromatic carbocycles. The highest BCUT2D eigenvalue weighted by Gasteiger charge is 2.30. The average molecular weight is 416 g/mol. The van der Waals surface area contributed by atoms with Crippen LogP contribution in [0.2, 0.25) is 0 Å². The van der Waals surface area contributed by atoms with Crippen molar-refractivity contribution < 1.29 is 27.4 Å². The maximum atomic E-state index is 12.8. The second-order valence-electron chi connectivity index (χ2n) is 6.81. The van der Waals surface area contributed by atoms with Gasteiger partial charge in [0.25, 0.3) is 5.91 Å². The molecule has 1 aliphatic rings. The molecule has 0 radical (unpaired) electrons. The van der Waals surface area contributed by atoms with Gasteiger partial charge in [-0.2, -0.15) is 18.4 Å². The van der Waals surface area contributed by atoms with Crippen molar-refractivity contribution in [1.29, 1.82) is 5.26 Å². The van der Waals surface area contributed by atoms with E-state index in [1.807, 2.05) is 6.07 Å². The first-order valence-corrected chi connectivity index (χ1v) is 9.20. The number of methoxy groups -OCH3 is 1. The van der Waals surface area contributed by atoms with E-state index < -0.39 is 17.6 Å². The summed E-state index contributed by atoms with van der Waals surface area (Å²) in [6, 6.07) is 11.7. The number of nitrogens with zero attached hydrogens (tertiary/aromatic N) is 1. The lowest BCUT2D eigenvalue weighted by molar-refractivity contribution is -0.137. The molecule has 0 spiro atoms. The lowest BCUT2D eigenvalue weighted by Crippen LogP contribution is -2.26. The highest BCUT2D eigenvalue weighted by atomic mass is 19.4. The molecule has 0 saturated heterocycles. The fraction of sp³-hybridized carbons (Fsp3) is 0.273. The molecule has 0 unspecified atom stereocenters. The van der Waals surface area contributed by atoms with Crippen LogP contribution in [0, 0.1) is 11.3 Å². The van der Waals surface area contributed by atoms with Gasteiger partial charge in [0.1, 0.15) is 18.2 Å². The molecule has 1 aliphatic carbocycles. The van der Waals surface area contributed by atoms with E-state index in [9.17, 15) is 23.2 Å². The Morgan fingerprint density at radius 2 is 2.00 bits per heavy atom. The summed E-state index contributed by atoms with van der Waals surface area (Å²) in [5.41, 5.74) is 0.145. The van der Waals surface area contributed by atoms with Crippen molar-refractivity contribution in [1.82, 2.24) is 5.32 Å². The van der Waals surface area contributed by atoms with Gasteiger partial charge in [0.05, 0.1) is 12.7 Å². The fourth-order valence-electron chi connectivity index (χ4n) is 2.70. The van der Waals surface area contributed by atoms with Crippen LogP contribution in [0.5, 0.6) is 11.5 Å². The number of ether oxygens (including phenoxy) is 2. The molecule has 156 valence electrons. The number of carbonyl (C=O) groups is 1. The minimum absolute atomic E-state index is 0.0263. The van der Waals surface area contributed by atoms with Crippen molar-refractivity contribution >= 4 is 12.0 Å². The molecule has 1 fully saturated rings. The fourth-order valence-corrected chi connectivity index (χ4v) is 2.70. The molecular formula is C22H19F3N2O3. The summed E-state index contributed by atoms with van der Waals surface area (Å²) in [5.74, 6) is 0.229. The third kappa shape index (κ3) is 5.54. The predicted molar refractivity (Wildman–Crippen MR) is 104 cm³/mol. The Kier molecular flexibility index (Phi) is 6.31. The molecule has 30 heavy (non-hydrogen) atoms. The van der Waals surface area contributed by atoms with Crippen LogP contribution in [-0.4, -0.2) is 19.1 Å². The molecule has 0 aliphatic heterocycles. The Morgan fingerprint density at radius 3 is 2.63 bits per heavy atom. The third-order valence-electron chi connectivity index (χ3n) is 4.42. The maximum absolute atomic E-state index is 12.8. The average Bonchev–Trinajstić information content (AvgIpc) is 3.54. The number of benzene rings is 2. The van der Waals surface area contributed by atoms with Gasteiger partial charge < -0.3 is 14.8 Å². The number of alkyl halides is 3. The zero-order valence-electron chi connectivity index (χ0n) is 16.1. The van der Waals surface area contributed by atoms with Crippen LogP contribution in [0.3, 0.4) is 0 Å². The molecule has 0 atom stereocenters. The Morgan fingerprint density at radius 1 is 1.23 bits per heavy atom. The number of amides is 1. The van der Waals surface area contributed by atoms with Gasteiger partial charge in [0.15, 0.2) is 11.5 Å². The van der Waals surface area contributed by atoms with Crippen LogP contribution in [-0.2, 0) is 17.6 Å². The highest BCUT2D eigenvalue weighted by Crippen LogP contribution is 2.32. The monoisotopic (exact) mass is 416 g/mol. The van der Waals surface area contributed by atoms with E-state index in [1.54, 1.807) is 18.2 Å². The van der Waals surface area contributed by atoms with Crippen LogP contribution in [0.25, 0.3) is 6.08 Å². The van der Waals surface area contributed by atoms with Gasteiger partial charge in [-0.25, -0.2) is 0 Å². The van der Waals surface area contributed by atoms with Crippen molar-refractivity contribution in [2.75, 3.05) is 7.11 Å². The van der Waals surface area contributed by atoms with E-state index in [0.717, 1.165) is 25.0 Å². The predicted octanol–water partition coefficient (Wildman–Crippen LogP) is 4.48. The molecule has 0 aromatic heterocycles. The van der Waals surface area contributed by atoms with Crippen molar-refractivity contribution in [3.05, 3.63) is 64.7 Å². The van der Waals surface area contributed by atoms with Crippen molar-refractivity contribution in [3.63, 3.8) is 0 Å². The Hall–Kier alpha value is -3.47. The number of halogens is 3. The Labute approximate surface area is 171 Å². The van der Waals surface area contributed by atoms with Gasteiger partial charge in [-0.3, -0.25) is 4.79 Å². The standard InChI is InChI=1S/C22H19F3N2O3/c1-29-20-11-14(9-16(12-26)21(28)27-18-6-7-18)5-8-19(20)30-13-15-3-2-4-17(10-15)22(23,24)25/h2-5,8-11,18H,6-7,13H2,1H3,(H,27,28)/b16-9+. The topological polar surface area (TPSA) is 71.3 Å². The summed E-state index contributed by atoms with van der Waals surface area (Å²) in [5, 5.41) is 12.0. The van der Waals surface area contributed by atoms with Crippen LogP contribution >= 0.6 is 0 Å². The minimum Gasteiger partial charge on any atom is -0.493 e. The summed E-state index contributed by atoms with van der Waals surface area (Å²) >= 11 is 0. The molecule has 1 N–H and O–H groups in total. The van der Waals surface area contributed by atoms with E-state index in [4.69, 9.17) is 9.47 Å². The maximum Gasteiger partial charge on any atom is 0.416 e. The highest BCUT2D eigenvalue weighted by molar-refractivity contribution is 6.02. The van der Waals surface area contributed by atoms with E-state index in [0.29, 0.717) is 22.6 Å². The van der Waals surface area contributed by atoms with Gasteiger partial charge in [0, 0.05) is 6.04 Å². The van der Waals surface area contributed by atoms with Gasteiger partial charge in [-0.05, 0) is 54.3 Å². The molecular weight excluding hydrogens is 397 g/mol. The molecule has 0 bridgehead atoms. The number of hydrogen-bond acceptors (Lipinski definition) is 4. The van der Waals surface area contributed by atoms with E-state index in [1.165, 1.54) is 25.3 Å². The SMILES string of the molecule is COc1cc(/C=C(\C#N)C(=O)NC2CC2)ccc1OCc1cccc(C(F)(F)F)c1. The zero-order chi connectivity index (χ0) is 21.7. The van der Waals surface area contributed by atoms with Gasteiger partial charge in [-0.1, -0.05) is 18.2 Å². The third-order valence-corrected chi connectivity index (χ3v) is 4.42. The molecule has 5 nitrogen and oxygen atoms in total. The van der Waals surface area contributed by atoms with E-state index >= 15 is 0 Å². The number of carbonyl (C=O) groups excluding carboxylic acids is 1. The normalized spacial score (nSPS) is 14.0. The van der Waals surface area contributed by atoms with Crippen LogP contribution in [0.4, 0.5) is 13.2 Å². The van der Waals surface area contributed by atoms with Crippen molar-refractivity contribution in [2.24, 2.45) is 0 Å². The quantitative estimate of drug-likeness (QED) is 0.534. The van der Waals surface area contributed by atoms with E-state index in [-0.39, 0.29) is 18.2 Å². The van der Waals surface area contributed by atoms with Crippen LogP contribution in [0.15, 0.2) is 48.0 Å². The second-order valence-corrected chi connectivity index (χ2v) is 6.81. The zero-order valence-corrected chi connectivity index (χ0v) is 16.1. The first-order chi connectivity index (χ1) is 14.3. The lowest BCUT2D eigenvalue weighted by Gasteiger charge is -2.13. The molecule has 1 saturated carbocycles. The number of rotatable bonds is 7. The number of nitriles is 1. The molecule has 2 aromatic rings. The summed E-state index contributed by atoms with van der Waals surface area (Å²) < 4.78 is 49.4. The number of hydrogen-bond donors (Lipinski definition) is 1.